The van der Waals surface area contributed by atoms with E-state index in [1.54, 1.807) is 0 Å². The highest BCUT2D eigenvalue weighted by atomic mass is 16.3. The number of rotatable bonds is 4. The predicted octanol–water partition coefficient (Wildman–Crippen LogP) is 0.929. The molecule has 0 aromatic heterocycles. The Labute approximate surface area is 50.2 Å². The maximum absolute atomic E-state index is 8.35. The molecule has 0 aromatic rings. The van der Waals surface area contributed by atoms with Crippen molar-refractivity contribution in [2.75, 3.05) is 6.61 Å². The minimum Gasteiger partial charge on any atom is -0.396 e. The topological polar surface area (TPSA) is 40.5 Å². The van der Waals surface area contributed by atoms with Crippen molar-refractivity contribution >= 4 is 0 Å². The molecule has 0 saturated heterocycles. The number of hydrogen-bond acceptors (Lipinski definition) is 2. The lowest BCUT2D eigenvalue weighted by molar-refractivity contribution is 0.258. The molecular weight excluding hydrogens is 104 g/mol. The molecule has 0 aromatic carbocycles. The van der Waals surface area contributed by atoms with Gasteiger partial charge in [0.2, 0.25) is 0 Å². The second-order valence-corrected chi connectivity index (χ2v) is 1.99. The van der Waals surface area contributed by atoms with E-state index >= 15 is 0 Å². The first kappa shape index (κ1) is 7.92. The molecule has 0 heterocycles. The standard InChI is InChI=1S/C6H13O2/c1-6(5-8)3-2-4-7/h5-8H,2-4H2,1H3. The van der Waals surface area contributed by atoms with Gasteiger partial charge in [-0.2, -0.15) is 0 Å². The van der Waals surface area contributed by atoms with E-state index in [2.05, 4.69) is 0 Å². The number of aliphatic hydroxyl groups excluding tert-OH is 2. The van der Waals surface area contributed by atoms with Gasteiger partial charge in [-0.3, -0.25) is 0 Å². The first-order chi connectivity index (χ1) is 3.81. The van der Waals surface area contributed by atoms with Crippen LogP contribution >= 0.6 is 0 Å². The van der Waals surface area contributed by atoms with E-state index in [4.69, 9.17) is 10.2 Å². The van der Waals surface area contributed by atoms with Gasteiger partial charge in [-0.05, 0) is 18.8 Å². The molecule has 2 N–H and O–H groups in total. The van der Waals surface area contributed by atoms with Gasteiger partial charge in [-0.15, -0.1) is 0 Å². The van der Waals surface area contributed by atoms with Gasteiger partial charge in [0.05, 0.1) is 6.61 Å². The summed E-state index contributed by atoms with van der Waals surface area (Å²) in [6, 6.07) is 0. The van der Waals surface area contributed by atoms with Crippen molar-refractivity contribution in [2.45, 2.75) is 19.8 Å². The lowest BCUT2D eigenvalue weighted by Crippen LogP contribution is -1.95. The first-order valence-electron chi connectivity index (χ1n) is 2.89. The molecule has 8 heavy (non-hydrogen) atoms. The zero-order chi connectivity index (χ0) is 6.41. The lowest BCUT2D eigenvalue weighted by Gasteiger charge is -2.02. The molecule has 0 aliphatic carbocycles. The highest BCUT2D eigenvalue weighted by molar-refractivity contribution is 4.58. The normalized spacial score (nSPS) is 13.9. The van der Waals surface area contributed by atoms with Crippen LogP contribution in [0.4, 0.5) is 0 Å². The summed E-state index contributed by atoms with van der Waals surface area (Å²) in [5.41, 5.74) is 0. The van der Waals surface area contributed by atoms with Crippen LogP contribution in [0.15, 0.2) is 0 Å². The average Bonchev–Trinajstić information content (AvgIpc) is 1.83. The first-order valence-corrected chi connectivity index (χ1v) is 2.89. The van der Waals surface area contributed by atoms with Crippen molar-refractivity contribution in [2.24, 2.45) is 5.92 Å². The van der Waals surface area contributed by atoms with Crippen LogP contribution in [0.1, 0.15) is 19.8 Å². The smallest absolute Gasteiger partial charge is 0.0827 e. The van der Waals surface area contributed by atoms with Crippen LogP contribution in [0.5, 0.6) is 0 Å². The molecule has 0 bridgehead atoms. The molecule has 1 atom stereocenters. The van der Waals surface area contributed by atoms with E-state index < -0.39 is 0 Å². The Hall–Kier alpha value is -0.0800. The van der Waals surface area contributed by atoms with Gasteiger partial charge in [-0.25, -0.2) is 0 Å². The quantitative estimate of drug-likeness (QED) is 0.575. The molecule has 0 spiro atoms. The van der Waals surface area contributed by atoms with Crippen molar-refractivity contribution in [1.82, 2.24) is 0 Å². The van der Waals surface area contributed by atoms with Crippen molar-refractivity contribution in [1.29, 1.82) is 0 Å². The molecule has 2 nitrogen and oxygen atoms in total. The minimum absolute atomic E-state index is 0.220. The third-order valence-electron chi connectivity index (χ3n) is 1.07. The maximum atomic E-state index is 8.35. The fourth-order valence-electron chi connectivity index (χ4n) is 0.488. The molecule has 0 saturated carbocycles. The fourth-order valence-corrected chi connectivity index (χ4v) is 0.488. The SMILES string of the molecule is CC([CH]O)CCCO. The third kappa shape index (κ3) is 4.09. The highest BCUT2D eigenvalue weighted by Gasteiger charge is 1.97. The molecule has 49 valence electrons. The zero-order valence-corrected chi connectivity index (χ0v) is 5.17. The Morgan fingerprint density at radius 2 is 2.25 bits per heavy atom. The molecule has 0 aliphatic rings. The van der Waals surface area contributed by atoms with Gasteiger partial charge in [-0.1, -0.05) is 6.92 Å². The zero-order valence-electron chi connectivity index (χ0n) is 5.17. The second kappa shape index (κ2) is 5.06. The highest BCUT2D eigenvalue weighted by Crippen LogP contribution is 2.05. The predicted molar refractivity (Wildman–Crippen MR) is 31.7 cm³/mol. The summed E-state index contributed by atoms with van der Waals surface area (Å²) in [4.78, 5) is 0. The van der Waals surface area contributed by atoms with Crippen molar-refractivity contribution in [3.05, 3.63) is 6.61 Å². The Morgan fingerprint density at radius 1 is 1.62 bits per heavy atom. The van der Waals surface area contributed by atoms with Crippen LogP contribution in [0, 0.1) is 12.5 Å². The Bertz CT molecular complexity index is 45.8. The maximum Gasteiger partial charge on any atom is 0.0827 e. The van der Waals surface area contributed by atoms with Crippen LogP contribution in [-0.4, -0.2) is 16.8 Å². The molecule has 0 aliphatic heterocycles. The monoisotopic (exact) mass is 117 g/mol. The van der Waals surface area contributed by atoms with E-state index in [-0.39, 0.29) is 12.5 Å². The molecule has 0 fully saturated rings. The van der Waals surface area contributed by atoms with E-state index in [0.29, 0.717) is 0 Å². The Morgan fingerprint density at radius 3 is 2.62 bits per heavy atom. The van der Waals surface area contributed by atoms with Crippen LogP contribution in [0.3, 0.4) is 0 Å². The van der Waals surface area contributed by atoms with Gasteiger partial charge in [0.1, 0.15) is 0 Å². The van der Waals surface area contributed by atoms with Gasteiger partial charge >= 0.3 is 0 Å². The van der Waals surface area contributed by atoms with Crippen LogP contribution in [0.2, 0.25) is 0 Å². The third-order valence-corrected chi connectivity index (χ3v) is 1.07. The van der Waals surface area contributed by atoms with Gasteiger partial charge < -0.3 is 10.2 Å². The second-order valence-electron chi connectivity index (χ2n) is 1.99. The number of aliphatic hydroxyl groups is 2. The average molecular weight is 117 g/mol. The van der Waals surface area contributed by atoms with Crippen molar-refractivity contribution in [3.8, 4) is 0 Å². The number of hydrogen-bond donors (Lipinski definition) is 2. The largest absolute Gasteiger partial charge is 0.396 e. The van der Waals surface area contributed by atoms with Crippen molar-refractivity contribution in [3.63, 3.8) is 0 Å². The van der Waals surface area contributed by atoms with E-state index in [0.717, 1.165) is 19.4 Å². The van der Waals surface area contributed by atoms with Crippen LogP contribution < -0.4 is 0 Å². The summed E-state index contributed by atoms with van der Waals surface area (Å²) >= 11 is 0. The van der Waals surface area contributed by atoms with E-state index in [1.807, 2.05) is 6.92 Å². The van der Waals surface area contributed by atoms with E-state index in [9.17, 15) is 0 Å². The van der Waals surface area contributed by atoms with Crippen molar-refractivity contribution < 1.29 is 10.2 Å². The van der Waals surface area contributed by atoms with Gasteiger partial charge in [0.25, 0.3) is 0 Å². The van der Waals surface area contributed by atoms with Crippen LogP contribution in [-0.2, 0) is 0 Å². The minimum atomic E-state index is 0.220. The Kier molecular flexibility index (Phi) is 5.01. The lowest BCUT2D eigenvalue weighted by atomic mass is 10.1. The molecule has 0 amide bonds. The molecular formula is C6H13O2. The summed E-state index contributed by atoms with van der Waals surface area (Å²) in [6.07, 6.45) is 1.64. The van der Waals surface area contributed by atoms with Gasteiger partial charge in [0, 0.05) is 6.61 Å². The molecule has 2 heteroatoms. The Balaban J connectivity index is 2.86. The molecule has 1 unspecified atom stereocenters. The summed E-state index contributed by atoms with van der Waals surface area (Å²) < 4.78 is 0. The summed E-state index contributed by atoms with van der Waals surface area (Å²) in [6.45, 7) is 3.30. The summed E-state index contributed by atoms with van der Waals surface area (Å²) in [5, 5.41) is 16.7. The molecule has 0 rings (SSSR count). The van der Waals surface area contributed by atoms with E-state index in [1.165, 1.54) is 0 Å². The fraction of sp³-hybridized carbons (Fsp3) is 0.833. The molecule has 1 radical (unpaired) electrons. The van der Waals surface area contributed by atoms with Crippen LogP contribution in [0.25, 0.3) is 0 Å². The van der Waals surface area contributed by atoms with Gasteiger partial charge in [0.15, 0.2) is 0 Å². The summed E-state index contributed by atoms with van der Waals surface area (Å²) in [7, 11) is 0. The summed E-state index contributed by atoms with van der Waals surface area (Å²) in [5.74, 6) is 0.224.